The van der Waals surface area contributed by atoms with Crippen LogP contribution in [0, 0.1) is 23.7 Å². The lowest BCUT2D eigenvalue weighted by Crippen LogP contribution is -2.51. The summed E-state index contributed by atoms with van der Waals surface area (Å²) < 4.78 is 6.36. The Morgan fingerprint density at radius 2 is 1.97 bits per heavy atom. The Morgan fingerprint density at radius 1 is 1.24 bits per heavy atom. The molecule has 1 aromatic carbocycles. The van der Waals surface area contributed by atoms with Crippen LogP contribution in [-0.4, -0.2) is 70.6 Å². The van der Waals surface area contributed by atoms with Crippen LogP contribution in [0.4, 0.5) is 0 Å². The first-order valence-corrected chi connectivity index (χ1v) is 13.7. The summed E-state index contributed by atoms with van der Waals surface area (Å²) in [7, 11) is 1.84. The molecule has 2 amide bonds. The van der Waals surface area contributed by atoms with E-state index in [4.69, 9.17) is 4.74 Å². The lowest BCUT2D eigenvalue weighted by Gasteiger charge is -2.38. The number of benzene rings is 1. The van der Waals surface area contributed by atoms with Gasteiger partial charge in [-0.25, -0.2) is 4.98 Å². The van der Waals surface area contributed by atoms with Gasteiger partial charge in [0.1, 0.15) is 11.7 Å². The van der Waals surface area contributed by atoms with Crippen molar-refractivity contribution < 1.29 is 19.4 Å². The van der Waals surface area contributed by atoms with Gasteiger partial charge in [-0.1, -0.05) is 68.4 Å². The Labute approximate surface area is 226 Å². The molecule has 0 bridgehead atoms. The number of carbonyl (C=O) groups is 2. The second-order valence-corrected chi connectivity index (χ2v) is 10.7. The third kappa shape index (κ3) is 6.73. The van der Waals surface area contributed by atoms with Crippen molar-refractivity contribution in [1.29, 1.82) is 0 Å². The van der Waals surface area contributed by atoms with Gasteiger partial charge >= 0.3 is 0 Å². The molecule has 2 aromatic rings. The van der Waals surface area contributed by atoms with Gasteiger partial charge in [-0.2, -0.15) is 0 Å². The van der Waals surface area contributed by atoms with E-state index in [0.29, 0.717) is 30.6 Å². The molecule has 202 valence electrons. The van der Waals surface area contributed by atoms with Gasteiger partial charge in [0.15, 0.2) is 0 Å². The molecule has 1 aliphatic heterocycles. The number of nitrogens with zero attached hydrogens (tertiary/aromatic N) is 3. The predicted octanol–water partition coefficient (Wildman–Crippen LogP) is 3.93. The average Bonchev–Trinajstić information content (AvgIpc) is 2.95. The molecule has 7 nitrogen and oxygen atoms in total. The van der Waals surface area contributed by atoms with Crippen LogP contribution in [0.2, 0.25) is 0 Å². The summed E-state index contributed by atoms with van der Waals surface area (Å²) in [5, 5.41) is 9.89. The zero-order valence-corrected chi connectivity index (χ0v) is 22.7. The molecule has 0 spiro atoms. The first kappa shape index (κ1) is 27.7. The third-order valence-electron chi connectivity index (χ3n) is 7.67. The standard InChI is InChI=1S/C31H39N3O4/c1-22-19-34(23(2)21-35)31(37)27-17-25(14-10-13-24-11-6-4-7-12-24)18-32-29(27)38-28(22)20-33(3)30(36)26-15-8-5-9-16-26/h4,6-7,11-12,17-18,22-23,26,28,35H,5,8-9,13,15-16,19-21H2,1-3H3/t22-,23+,28+/m0/s1. The largest absolute Gasteiger partial charge is 0.472 e. The number of aliphatic hydroxyl groups is 1. The normalized spacial score (nSPS) is 20.7. The van der Waals surface area contributed by atoms with Crippen molar-refractivity contribution >= 4 is 11.8 Å². The molecule has 1 N–H and O–H groups in total. The van der Waals surface area contributed by atoms with Gasteiger partial charge in [0, 0.05) is 43.6 Å². The number of amides is 2. The molecule has 1 fully saturated rings. The highest BCUT2D eigenvalue weighted by Crippen LogP contribution is 2.29. The van der Waals surface area contributed by atoms with Crippen molar-refractivity contribution in [2.24, 2.45) is 11.8 Å². The zero-order chi connectivity index (χ0) is 27.1. The quantitative estimate of drug-likeness (QED) is 0.587. The molecule has 1 aromatic heterocycles. The Bertz CT molecular complexity index is 1170. The Morgan fingerprint density at radius 3 is 2.68 bits per heavy atom. The average molecular weight is 518 g/mol. The number of carbonyl (C=O) groups excluding carboxylic acids is 2. The van der Waals surface area contributed by atoms with Gasteiger partial charge in [-0.15, -0.1) is 0 Å². The fourth-order valence-electron chi connectivity index (χ4n) is 5.25. The summed E-state index contributed by atoms with van der Waals surface area (Å²) >= 11 is 0. The molecule has 4 rings (SSSR count). The van der Waals surface area contributed by atoms with Crippen LogP contribution in [0.15, 0.2) is 42.6 Å². The highest BCUT2D eigenvalue weighted by molar-refractivity contribution is 5.97. The van der Waals surface area contributed by atoms with E-state index in [1.54, 1.807) is 22.1 Å². The maximum Gasteiger partial charge on any atom is 0.259 e. The fraction of sp³-hybridized carbons (Fsp3) is 0.516. The molecule has 0 saturated heterocycles. The smallest absolute Gasteiger partial charge is 0.259 e. The van der Waals surface area contributed by atoms with E-state index in [1.165, 1.54) is 6.42 Å². The first-order chi connectivity index (χ1) is 18.4. The number of ether oxygens (including phenoxy) is 1. The molecule has 2 heterocycles. The lowest BCUT2D eigenvalue weighted by atomic mass is 9.88. The predicted molar refractivity (Wildman–Crippen MR) is 147 cm³/mol. The van der Waals surface area contributed by atoms with E-state index in [2.05, 4.69) is 16.8 Å². The molecular formula is C31H39N3O4. The monoisotopic (exact) mass is 517 g/mol. The molecule has 2 aliphatic rings. The van der Waals surface area contributed by atoms with Crippen LogP contribution in [0.3, 0.4) is 0 Å². The molecule has 38 heavy (non-hydrogen) atoms. The maximum absolute atomic E-state index is 13.6. The van der Waals surface area contributed by atoms with Crippen LogP contribution in [-0.2, 0) is 11.2 Å². The van der Waals surface area contributed by atoms with Crippen molar-refractivity contribution in [3.05, 3.63) is 59.3 Å². The highest BCUT2D eigenvalue weighted by atomic mass is 16.5. The third-order valence-corrected chi connectivity index (χ3v) is 7.67. The van der Waals surface area contributed by atoms with Crippen molar-refractivity contribution in [3.63, 3.8) is 0 Å². The second-order valence-electron chi connectivity index (χ2n) is 10.7. The van der Waals surface area contributed by atoms with Crippen molar-refractivity contribution in [3.8, 4) is 17.7 Å². The van der Waals surface area contributed by atoms with Crippen LogP contribution < -0.4 is 4.74 Å². The van der Waals surface area contributed by atoms with Crippen molar-refractivity contribution in [2.45, 2.75) is 64.5 Å². The van der Waals surface area contributed by atoms with Gasteiger partial charge < -0.3 is 19.6 Å². The van der Waals surface area contributed by atoms with Crippen LogP contribution in [0.5, 0.6) is 5.88 Å². The molecule has 1 aliphatic carbocycles. The van der Waals surface area contributed by atoms with Crippen LogP contribution in [0.25, 0.3) is 0 Å². The fourth-order valence-corrected chi connectivity index (χ4v) is 5.25. The summed E-state index contributed by atoms with van der Waals surface area (Å²) in [5.41, 5.74) is 2.07. The zero-order valence-electron chi connectivity index (χ0n) is 22.7. The molecule has 0 unspecified atom stereocenters. The molecular weight excluding hydrogens is 478 g/mol. The van der Waals surface area contributed by atoms with E-state index in [9.17, 15) is 14.7 Å². The SMILES string of the molecule is C[C@H](CO)N1C[C@H](C)[C@@H](CN(C)C(=O)C2CCCCC2)Oc2ncc(C#CCc3ccccc3)cc2C1=O. The number of pyridine rings is 1. The number of aliphatic hydroxyl groups excluding tert-OH is 1. The van der Waals surface area contributed by atoms with Crippen molar-refractivity contribution in [1.82, 2.24) is 14.8 Å². The van der Waals surface area contributed by atoms with E-state index in [0.717, 1.165) is 31.2 Å². The van der Waals surface area contributed by atoms with Crippen molar-refractivity contribution in [2.75, 3.05) is 26.7 Å². The Kier molecular flexibility index (Phi) is 9.41. The minimum atomic E-state index is -0.369. The van der Waals surface area contributed by atoms with E-state index in [-0.39, 0.29) is 48.3 Å². The summed E-state index contributed by atoms with van der Waals surface area (Å²) in [6.07, 6.45) is 7.16. The van der Waals surface area contributed by atoms with Gasteiger partial charge in [0.05, 0.1) is 19.2 Å². The Hall–Kier alpha value is -3.37. The number of hydrogen-bond donors (Lipinski definition) is 1. The number of aromatic nitrogens is 1. The minimum Gasteiger partial charge on any atom is -0.472 e. The molecule has 0 radical (unpaired) electrons. The maximum atomic E-state index is 13.6. The summed E-state index contributed by atoms with van der Waals surface area (Å²) in [5.74, 6) is 6.45. The minimum absolute atomic E-state index is 0.0742. The second kappa shape index (κ2) is 12.9. The molecule has 3 atom stereocenters. The number of rotatable bonds is 6. The van der Waals surface area contributed by atoms with E-state index >= 15 is 0 Å². The van der Waals surface area contributed by atoms with Gasteiger partial charge in [-0.05, 0) is 31.4 Å². The number of hydrogen-bond acceptors (Lipinski definition) is 5. The van der Waals surface area contributed by atoms with Gasteiger partial charge in [-0.3, -0.25) is 9.59 Å². The first-order valence-electron chi connectivity index (χ1n) is 13.7. The van der Waals surface area contributed by atoms with Gasteiger partial charge in [0.2, 0.25) is 11.8 Å². The summed E-state index contributed by atoms with van der Waals surface area (Å²) in [6.45, 7) is 4.51. The number of fused-ring (bicyclic) bond motifs is 1. The number of likely N-dealkylation sites (N-methyl/N-ethyl adjacent to an activating group) is 1. The highest BCUT2D eigenvalue weighted by Gasteiger charge is 2.35. The lowest BCUT2D eigenvalue weighted by molar-refractivity contribution is -0.136. The van der Waals surface area contributed by atoms with Crippen LogP contribution in [0.1, 0.15) is 67.4 Å². The summed E-state index contributed by atoms with van der Waals surface area (Å²) in [4.78, 5) is 34.7. The topological polar surface area (TPSA) is 83.0 Å². The molecule has 7 heteroatoms. The van der Waals surface area contributed by atoms with Gasteiger partial charge in [0.25, 0.3) is 5.91 Å². The van der Waals surface area contributed by atoms with Crippen LogP contribution >= 0.6 is 0 Å². The Balaban J connectivity index is 1.58. The molecule has 1 saturated carbocycles. The van der Waals surface area contributed by atoms with E-state index in [1.807, 2.05) is 51.2 Å². The summed E-state index contributed by atoms with van der Waals surface area (Å²) in [6, 6.07) is 11.3. The van der Waals surface area contributed by atoms with E-state index < -0.39 is 0 Å².